The summed E-state index contributed by atoms with van der Waals surface area (Å²) in [5, 5.41) is 19.0. The zero-order valence-electron chi connectivity index (χ0n) is 11.5. The Labute approximate surface area is 121 Å². The van der Waals surface area contributed by atoms with Crippen LogP contribution in [-0.2, 0) is 0 Å². The summed E-state index contributed by atoms with van der Waals surface area (Å²) in [6.45, 7) is 6.24. The van der Waals surface area contributed by atoms with Crippen molar-refractivity contribution in [3.63, 3.8) is 0 Å². The maximum Gasteiger partial charge on any atom is 0.273 e. The Balaban J connectivity index is 2.60. The van der Waals surface area contributed by atoms with E-state index in [1.165, 1.54) is 12.1 Å². The molecule has 0 bridgehead atoms. The Kier molecular flexibility index (Phi) is 3.94. The highest BCUT2D eigenvalue weighted by atomic mass is 35.5. The first kappa shape index (κ1) is 14.3. The number of nitrogens with one attached hydrogen (secondary N) is 1. The van der Waals surface area contributed by atoms with Crippen LogP contribution >= 0.6 is 11.6 Å². The predicted octanol–water partition coefficient (Wildman–Crippen LogP) is 3.48. The number of non-ortho nitro benzene ring substituents is 1. The molecule has 2 aromatic rings. The maximum absolute atomic E-state index is 11.0. The molecule has 1 N–H and O–H groups in total. The minimum Gasteiger partial charge on any atom is -0.385 e. The molecule has 0 fully saturated rings. The average molecular weight is 295 g/mol. The minimum absolute atomic E-state index is 0.0159. The topological polar surface area (TPSA) is 73.0 Å². The molecular weight excluding hydrogens is 280 g/mol. The summed E-state index contributed by atoms with van der Waals surface area (Å²) in [6, 6.07) is 4.79. The fourth-order valence-electron chi connectivity index (χ4n) is 2.00. The van der Waals surface area contributed by atoms with Crippen LogP contribution in [0.5, 0.6) is 0 Å². The number of nitro benzene ring substituents is 1. The Morgan fingerprint density at radius 1 is 1.40 bits per heavy atom. The van der Waals surface area contributed by atoms with Gasteiger partial charge in [-0.1, -0.05) is 11.6 Å². The van der Waals surface area contributed by atoms with E-state index in [1.54, 1.807) is 11.6 Å². The van der Waals surface area contributed by atoms with Crippen molar-refractivity contribution in [2.45, 2.75) is 20.8 Å². The quantitative estimate of drug-likeness (QED) is 0.692. The maximum atomic E-state index is 11.0. The number of nitrogens with zero attached hydrogens (tertiary/aromatic N) is 3. The van der Waals surface area contributed by atoms with Gasteiger partial charge in [0.2, 0.25) is 0 Å². The molecule has 2 rings (SSSR count). The number of rotatable bonds is 4. The van der Waals surface area contributed by atoms with Gasteiger partial charge < -0.3 is 5.32 Å². The molecule has 0 spiro atoms. The van der Waals surface area contributed by atoms with E-state index in [1.807, 2.05) is 19.9 Å². The molecule has 0 unspecified atom stereocenters. The highest BCUT2D eigenvalue weighted by Crippen LogP contribution is 2.27. The van der Waals surface area contributed by atoms with Crippen LogP contribution in [0.15, 0.2) is 18.2 Å². The van der Waals surface area contributed by atoms with Crippen molar-refractivity contribution in [2.24, 2.45) is 0 Å². The molecule has 0 aliphatic heterocycles. The van der Waals surface area contributed by atoms with Gasteiger partial charge in [0, 0.05) is 24.4 Å². The Bertz CT molecular complexity index is 667. The van der Waals surface area contributed by atoms with Crippen LogP contribution in [0.2, 0.25) is 5.02 Å². The average Bonchev–Trinajstić information content (AvgIpc) is 2.66. The van der Waals surface area contributed by atoms with E-state index in [2.05, 4.69) is 10.4 Å². The Morgan fingerprint density at radius 3 is 2.60 bits per heavy atom. The summed E-state index contributed by atoms with van der Waals surface area (Å²) in [4.78, 5) is 10.6. The van der Waals surface area contributed by atoms with Gasteiger partial charge in [0.25, 0.3) is 5.69 Å². The third kappa shape index (κ3) is 2.60. The van der Waals surface area contributed by atoms with Crippen molar-refractivity contribution in [2.75, 3.05) is 11.9 Å². The zero-order chi connectivity index (χ0) is 14.9. The monoisotopic (exact) mass is 294 g/mol. The number of hydrogen-bond acceptors (Lipinski definition) is 4. The van der Waals surface area contributed by atoms with Crippen molar-refractivity contribution in [3.8, 4) is 5.69 Å². The van der Waals surface area contributed by atoms with Gasteiger partial charge in [-0.15, -0.1) is 0 Å². The summed E-state index contributed by atoms with van der Waals surface area (Å²) in [5.74, 6) is 0. The van der Waals surface area contributed by atoms with Crippen LogP contribution in [0, 0.1) is 24.0 Å². The van der Waals surface area contributed by atoms with Gasteiger partial charge in [-0.05, 0) is 26.8 Å². The second-order valence-corrected chi connectivity index (χ2v) is 4.80. The highest BCUT2D eigenvalue weighted by molar-refractivity contribution is 6.31. The van der Waals surface area contributed by atoms with Crippen molar-refractivity contribution in [3.05, 3.63) is 44.7 Å². The van der Waals surface area contributed by atoms with Gasteiger partial charge in [-0.25, -0.2) is 4.68 Å². The number of aryl methyl sites for hydroxylation is 1. The SMILES string of the molecule is CCNc1cc(-n2nc(C)c(Cl)c2C)cc([N+](=O)[O-])c1. The van der Waals surface area contributed by atoms with E-state index in [4.69, 9.17) is 11.6 Å². The first-order chi connectivity index (χ1) is 9.43. The van der Waals surface area contributed by atoms with E-state index >= 15 is 0 Å². The fraction of sp³-hybridized carbons (Fsp3) is 0.308. The van der Waals surface area contributed by atoms with E-state index in [9.17, 15) is 10.1 Å². The van der Waals surface area contributed by atoms with Gasteiger partial charge in [0.05, 0.1) is 27.0 Å². The van der Waals surface area contributed by atoms with Gasteiger partial charge in [0.1, 0.15) is 0 Å². The molecule has 1 heterocycles. The van der Waals surface area contributed by atoms with Crippen molar-refractivity contribution in [1.82, 2.24) is 9.78 Å². The molecule has 6 nitrogen and oxygen atoms in total. The largest absolute Gasteiger partial charge is 0.385 e. The van der Waals surface area contributed by atoms with Gasteiger partial charge in [0.15, 0.2) is 0 Å². The molecule has 0 atom stereocenters. The number of hydrogen-bond donors (Lipinski definition) is 1. The molecular formula is C13H15ClN4O2. The standard InChI is InChI=1S/C13H15ClN4O2/c1-4-15-10-5-11(7-12(6-10)18(19)20)17-9(3)13(14)8(2)16-17/h5-7,15H,4H2,1-3H3. The predicted molar refractivity (Wildman–Crippen MR) is 78.9 cm³/mol. The number of nitro groups is 1. The molecule has 1 aromatic carbocycles. The van der Waals surface area contributed by atoms with E-state index in [0.29, 0.717) is 28.6 Å². The number of benzene rings is 1. The van der Waals surface area contributed by atoms with Crippen LogP contribution in [0.1, 0.15) is 18.3 Å². The van der Waals surface area contributed by atoms with Crippen molar-refractivity contribution >= 4 is 23.0 Å². The Hall–Kier alpha value is -2.08. The second-order valence-electron chi connectivity index (χ2n) is 4.42. The van der Waals surface area contributed by atoms with Crippen LogP contribution in [0.4, 0.5) is 11.4 Å². The lowest BCUT2D eigenvalue weighted by atomic mass is 10.2. The molecule has 7 heteroatoms. The molecule has 0 amide bonds. The van der Waals surface area contributed by atoms with E-state index in [-0.39, 0.29) is 5.69 Å². The molecule has 0 aliphatic carbocycles. The van der Waals surface area contributed by atoms with Crippen LogP contribution < -0.4 is 5.32 Å². The third-order valence-corrected chi connectivity index (χ3v) is 3.49. The third-order valence-electron chi connectivity index (χ3n) is 2.94. The summed E-state index contributed by atoms with van der Waals surface area (Å²) >= 11 is 6.12. The summed E-state index contributed by atoms with van der Waals surface area (Å²) in [7, 11) is 0. The van der Waals surface area contributed by atoms with E-state index in [0.717, 1.165) is 5.69 Å². The molecule has 0 aliphatic rings. The normalized spacial score (nSPS) is 10.6. The first-order valence-electron chi connectivity index (χ1n) is 6.19. The molecule has 1 aromatic heterocycles. The zero-order valence-corrected chi connectivity index (χ0v) is 12.2. The van der Waals surface area contributed by atoms with Gasteiger partial charge in [-0.2, -0.15) is 5.10 Å². The summed E-state index contributed by atoms with van der Waals surface area (Å²) < 4.78 is 1.62. The molecule has 0 saturated heterocycles. The summed E-state index contributed by atoms with van der Waals surface area (Å²) in [5.41, 5.74) is 2.76. The van der Waals surface area contributed by atoms with Crippen LogP contribution in [0.25, 0.3) is 5.69 Å². The van der Waals surface area contributed by atoms with Gasteiger partial charge >= 0.3 is 0 Å². The highest BCUT2D eigenvalue weighted by Gasteiger charge is 2.15. The minimum atomic E-state index is -0.419. The van der Waals surface area contributed by atoms with E-state index < -0.39 is 4.92 Å². The fourth-order valence-corrected chi connectivity index (χ4v) is 2.12. The Morgan fingerprint density at radius 2 is 2.10 bits per heavy atom. The van der Waals surface area contributed by atoms with Gasteiger partial charge in [-0.3, -0.25) is 10.1 Å². The number of aromatic nitrogens is 2. The second kappa shape index (κ2) is 5.50. The first-order valence-corrected chi connectivity index (χ1v) is 6.57. The lowest BCUT2D eigenvalue weighted by Crippen LogP contribution is -2.03. The summed E-state index contributed by atoms with van der Waals surface area (Å²) in [6.07, 6.45) is 0. The lowest BCUT2D eigenvalue weighted by Gasteiger charge is -2.08. The molecule has 20 heavy (non-hydrogen) atoms. The van der Waals surface area contributed by atoms with Crippen LogP contribution in [0.3, 0.4) is 0 Å². The smallest absolute Gasteiger partial charge is 0.273 e. The number of anilines is 1. The number of halogens is 1. The molecule has 0 saturated carbocycles. The van der Waals surface area contributed by atoms with Crippen molar-refractivity contribution < 1.29 is 4.92 Å². The molecule has 0 radical (unpaired) electrons. The van der Waals surface area contributed by atoms with Crippen LogP contribution in [-0.4, -0.2) is 21.2 Å². The lowest BCUT2D eigenvalue weighted by molar-refractivity contribution is -0.384. The van der Waals surface area contributed by atoms with Crippen molar-refractivity contribution in [1.29, 1.82) is 0 Å². The molecule has 106 valence electrons.